The van der Waals surface area contributed by atoms with Crippen LogP contribution in [0.25, 0.3) is 0 Å². The molecule has 166 valence electrons. The van der Waals surface area contributed by atoms with E-state index in [4.69, 9.17) is 9.47 Å². The normalized spacial score (nSPS) is 19.3. The van der Waals surface area contributed by atoms with Crippen molar-refractivity contribution >= 4 is 17.6 Å². The zero-order valence-corrected chi connectivity index (χ0v) is 18.8. The molecule has 31 heavy (non-hydrogen) atoms. The van der Waals surface area contributed by atoms with Gasteiger partial charge in [0.15, 0.2) is 6.61 Å². The van der Waals surface area contributed by atoms with E-state index >= 15 is 0 Å². The van der Waals surface area contributed by atoms with Gasteiger partial charge in [-0.1, -0.05) is 30.3 Å². The third-order valence-corrected chi connectivity index (χ3v) is 5.24. The Balaban J connectivity index is 1.55. The topological polar surface area (TPSA) is 59.1 Å². The van der Waals surface area contributed by atoms with E-state index in [0.717, 1.165) is 30.9 Å². The van der Waals surface area contributed by atoms with E-state index in [9.17, 15) is 9.59 Å². The Labute approximate surface area is 184 Å². The van der Waals surface area contributed by atoms with Gasteiger partial charge in [-0.15, -0.1) is 0 Å². The number of ether oxygens (including phenoxy) is 2. The lowest BCUT2D eigenvalue weighted by atomic mass is 10.1. The molecule has 2 aromatic rings. The van der Waals surface area contributed by atoms with Crippen LogP contribution in [0.15, 0.2) is 54.6 Å². The summed E-state index contributed by atoms with van der Waals surface area (Å²) in [7, 11) is 0. The van der Waals surface area contributed by atoms with Gasteiger partial charge in [0.2, 0.25) is 0 Å². The second kappa shape index (κ2) is 10.6. The number of nitrogens with zero attached hydrogens (tertiary/aromatic N) is 2. The lowest BCUT2D eigenvalue weighted by Crippen LogP contribution is -2.44. The summed E-state index contributed by atoms with van der Waals surface area (Å²) in [5, 5.41) is 0. The first-order valence-electron chi connectivity index (χ1n) is 10.8. The Bertz CT molecular complexity index is 857. The highest BCUT2D eigenvalue weighted by atomic mass is 16.5. The van der Waals surface area contributed by atoms with Crippen LogP contribution in [0.2, 0.25) is 0 Å². The van der Waals surface area contributed by atoms with Crippen LogP contribution in [0.4, 0.5) is 5.69 Å². The van der Waals surface area contributed by atoms with Crippen molar-refractivity contribution in [3.63, 3.8) is 0 Å². The molecule has 3 rings (SSSR count). The minimum atomic E-state index is -0.495. The first kappa shape index (κ1) is 23.0. The predicted octanol–water partition coefficient (Wildman–Crippen LogP) is 3.89. The van der Waals surface area contributed by atoms with E-state index in [-0.39, 0.29) is 30.8 Å². The number of rotatable bonds is 7. The lowest BCUT2D eigenvalue weighted by Gasteiger charge is -2.35. The molecule has 1 saturated heterocycles. The van der Waals surface area contributed by atoms with Crippen molar-refractivity contribution in [2.24, 2.45) is 0 Å². The summed E-state index contributed by atoms with van der Waals surface area (Å²) in [6, 6.07) is 16.7. The molecule has 1 amide bonds. The van der Waals surface area contributed by atoms with E-state index in [2.05, 4.69) is 18.7 Å². The summed E-state index contributed by atoms with van der Waals surface area (Å²) < 4.78 is 11.1. The van der Waals surface area contributed by atoms with Crippen molar-refractivity contribution in [3.05, 3.63) is 65.7 Å². The second-order valence-electron chi connectivity index (χ2n) is 8.42. The minimum absolute atomic E-state index is 0.0430. The fraction of sp³-hybridized carbons (Fsp3) is 0.440. The van der Waals surface area contributed by atoms with Gasteiger partial charge >= 0.3 is 5.97 Å². The highest BCUT2D eigenvalue weighted by molar-refractivity contribution is 5.97. The molecule has 6 heteroatoms. The molecule has 0 spiro atoms. The summed E-state index contributed by atoms with van der Waals surface area (Å²) in [5.74, 6) is -0.744. The maximum absolute atomic E-state index is 12.7. The third kappa shape index (κ3) is 6.39. The molecular weight excluding hydrogens is 392 g/mol. The molecule has 0 aromatic heterocycles. The number of benzene rings is 2. The van der Waals surface area contributed by atoms with Crippen LogP contribution in [-0.4, -0.2) is 54.7 Å². The van der Waals surface area contributed by atoms with E-state index in [1.54, 1.807) is 17.0 Å². The molecule has 1 heterocycles. The number of esters is 1. The van der Waals surface area contributed by atoms with Crippen LogP contribution in [0.3, 0.4) is 0 Å². The SMILES string of the molecule is CC1CN(Cc2ccc(C(=O)OCC(=O)N(c3ccccc3)C(C)C)cc2)CC(C)O1. The molecule has 0 saturated carbocycles. The molecule has 0 aliphatic carbocycles. The third-order valence-electron chi connectivity index (χ3n) is 5.24. The van der Waals surface area contributed by atoms with Crippen LogP contribution >= 0.6 is 0 Å². The fourth-order valence-electron chi connectivity index (χ4n) is 4.02. The molecule has 1 aliphatic rings. The predicted molar refractivity (Wildman–Crippen MR) is 121 cm³/mol. The smallest absolute Gasteiger partial charge is 0.338 e. The van der Waals surface area contributed by atoms with E-state index in [1.807, 2.05) is 56.3 Å². The van der Waals surface area contributed by atoms with Crippen molar-refractivity contribution in [2.75, 3.05) is 24.6 Å². The monoisotopic (exact) mass is 424 g/mol. The van der Waals surface area contributed by atoms with Gasteiger partial charge < -0.3 is 14.4 Å². The van der Waals surface area contributed by atoms with Crippen LogP contribution in [0, 0.1) is 0 Å². The first-order chi connectivity index (χ1) is 14.8. The van der Waals surface area contributed by atoms with Gasteiger partial charge in [0.25, 0.3) is 5.91 Å². The quantitative estimate of drug-likeness (QED) is 0.631. The number of carbonyl (C=O) groups is 2. The number of carbonyl (C=O) groups excluding carboxylic acids is 2. The van der Waals surface area contributed by atoms with Crippen LogP contribution in [-0.2, 0) is 20.8 Å². The number of amides is 1. The van der Waals surface area contributed by atoms with Crippen molar-refractivity contribution < 1.29 is 19.1 Å². The van der Waals surface area contributed by atoms with Gasteiger partial charge in [0.1, 0.15) is 0 Å². The molecule has 2 unspecified atom stereocenters. The number of hydrogen-bond acceptors (Lipinski definition) is 5. The van der Waals surface area contributed by atoms with E-state index in [0.29, 0.717) is 5.56 Å². The Morgan fingerprint density at radius 2 is 1.65 bits per heavy atom. The van der Waals surface area contributed by atoms with Crippen molar-refractivity contribution in [2.45, 2.75) is 52.5 Å². The van der Waals surface area contributed by atoms with Gasteiger partial charge in [-0.05, 0) is 57.5 Å². The average Bonchev–Trinajstić information content (AvgIpc) is 2.72. The molecule has 6 nitrogen and oxygen atoms in total. The summed E-state index contributed by atoms with van der Waals surface area (Å²) in [4.78, 5) is 29.1. The molecular formula is C25H32N2O4. The van der Waals surface area contributed by atoms with Gasteiger partial charge in [-0.25, -0.2) is 4.79 Å². The maximum Gasteiger partial charge on any atom is 0.338 e. The summed E-state index contributed by atoms with van der Waals surface area (Å²) >= 11 is 0. The Morgan fingerprint density at radius 1 is 1.03 bits per heavy atom. The summed E-state index contributed by atoms with van der Waals surface area (Å²) in [6.07, 6.45) is 0.439. The number of anilines is 1. The zero-order valence-electron chi connectivity index (χ0n) is 18.8. The van der Waals surface area contributed by atoms with Gasteiger partial charge in [-0.2, -0.15) is 0 Å². The fourth-order valence-corrected chi connectivity index (χ4v) is 4.02. The molecule has 0 radical (unpaired) electrons. The molecule has 2 atom stereocenters. The largest absolute Gasteiger partial charge is 0.452 e. The first-order valence-corrected chi connectivity index (χ1v) is 10.8. The Kier molecular flexibility index (Phi) is 7.82. The van der Waals surface area contributed by atoms with Crippen molar-refractivity contribution in [1.82, 2.24) is 4.90 Å². The van der Waals surface area contributed by atoms with E-state index < -0.39 is 5.97 Å². The molecule has 0 N–H and O–H groups in total. The van der Waals surface area contributed by atoms with Gasteiger partial charge in [0, 0.05) is 31.4 Å². The van der Waals surface area contributed by atoms with E-state index in [1.165, 1.54) is 0 Å². The van der Waals surface area contributed by atoms with Crippen molar-refractivity contribution in [1.29, 1.82) is 0 Å². The lowest BCUT2D eigenvalue weighted by molar-refractivity contribution is -0.122. The molecule has 1 fully saturated rings. The summed E-state index contributed by atoms with van der Waals surface area (Å²) in [5.41, 5.74) is 2.36. The maximum atomic E-state index is 12.7. The van der Waals surface area contributed by atoms with Gasteiger partial charge in [0.05, 0.1) is 17.8 Å². The molecule has 0 bridgehead atoms. The zero-order chi connectivity index (χ0) is 22.4. The number of hydrogen-bond donors (Lipinski definition) is 0. The summed E-state index contributed by atoms with van der Waals surface area (Å²) in [6.45, 7) is 10.3. The van der Waals surface area contributed by atoms with Gasteiger partial charge in [-0.3, -0.25) is 9.69 Å². The van der Waals surface area contributed by atoms with Crippen molar-refractivity contribution in [3.8, 4) is 0 Å². The highest BCUT2D eigenvalue weighted by Crippen LogP contribution is 2.18. The highest BCUT2D eigenvalue weighted by Gasteiger charge is 2.23. The average molecular weight is 425 g/mol. The van der Waals surface area contributed by atoms with Crippen LogP contribution in [0.5, 0.6) is 0 Å². The number of morpholine rings is 1. The Morgan fingerprint density at radius 3 is 2.23 bits per heavy atom. The van der Waals surface area contributed by atoms with Crippen LogP contribution < -0.4 is 4.90 Å². The molecule has 2 aromatic carbocycles. The standard InChI is InChI=1S/C25H32N2O4/c1-18(2)27(23-8-6-5-7-9-23)24(28)17-30-25(29)22-12-10-21(11-13-22)16-26-14-19(3)31-20(4)15-26/h5-13,18-20H,14-17H2,1-4H3. The Hall–Kier alpha value is -2.70. The second-order valence-corrected chi connectivity index (χ2v) is 8.42. The minimum Gasteiger partial charge on any atom is -0.452 e. The molecule has 1 aliphatic heterocycles. The van der Waals surface area contributed by atoms with Crippen LogP contribution in [0.1, 0.15) is 43.6 Å². The number of para-hydroxylation sites is 1.